The van der Waals surface area contributed by atoms with Gasteiger partial charge in [-0.1, -0.05) is 18.2 Å². The van der Waals surface area contributed by atoms with Crippen LogP contribution in [0.4, 0.5) is 15.4 Å². The fraction of sp³-hybridized carbons (Fsp3) is 0.267. The van der Waals surface area contributed by atoms with Gasteiger partial charge < -0.3 is 15.0 Å². The second kappa shape index (κ2) is 6.39. The summed E-state index contributed by atoms with van der Waals surface area (Å²) in [6.07, 6.45) is -0.612. The number of benzene rings is 1. The first-order valence-electron chi connectivity index (χ1n) is 7.30. The molecule has 23 heavy (non-hydrogen) atoms. The van der Waals surface area contributed by atoms with Crippen molar-refractivity contribution in [2.24, 2.45) is 0 Å². The molecule has 1 aliphatic rings. The van der Waals surface area contributed by atoms with Gasteiger partial charge in [-0.3, -0.25) is 10.4 Å². The Balaban J connectivity index is 1.63. The van der Waals surface area contributed by atoms with Crippen LogP contribution in [-0.2, 0) is 13.1 Å². The van der Waals surface area contributed by atoms with Crippen molar-refractivity contribution in [3.63, 3.8) is 0 Å². The molecule has 8 nitrogen and oxygen atoms in total. The predicted octanol–water partition coefficient (Wildman–Crippen LogP) is 2.07. The summed E-state index contributed by atoms with van der Waals surface area (Å²) in [5, 5.41) is 12.3. The molecule has 120 valence electrons. The minimum Gasteiger partial charge on any atom is -0.410 e. The number of amides is 3. The van der Waals surface area contributed by atoms with E-state index >= 15 is 0 Å². The van der Waals surface area contributed by atoms with E-state index in [0.717, 1.165) is 11.3 Å². The molecule has 0 spiro atoms. The summed E-state index contributed by atoms with van der Waals surface area (Å²) in [5.74, 6) is 0.901. The molecule has 1 aliphatic heterocycles. The molecule has 2 heterocycles. The molecule has 0 fully saturated rings. The van der Waals surface area contributed by atoms with Crippen LogP contribution in [-0.4, -0.2) is 33.8 Å². The van der Waals surface area contributed by atoms with Crippen molar-refractivity contribution in [2.75, 3.05) is 11.9 Å². The quantitative estimate of drug-likeness (QED) is 0.807. The number of aromatic amines is 1. The average Bonchev–Trinajstić information content (AvgIpc) is 3.11. The van der Waals surface area contributed by atoms with E-state index in [1.54, 1.807) is 29.2 Å². The minimum absolute atomic E-state index is 0.150. The minimum atomic E-state index is -0.612. The number of nitrogens with one attached hydrogen (secondary N) is 3. The van der Waals surface area contributed by atoms with E-state index in [4.69, 9.17) is 4.74 Å². The number of carbonyl (C=O) groups excluding carboxylic acids is 2. The molecule has 0 saturated heterocycles. The Morgan fingerprint density at radius 2 is 2.09 bits per heavy atom. The highest BCUT2D eigenvalue weighted by Gasteiger charge is 2.28. The Kier molecular flexibility index (Phi) is 4.13. The zero-order chi connectivity index (χ0) is 16.2. The molecule has 3 amide bonds. The zero-order valence-corrected chi connectivity index (χ0v) is 12.6. The topological polar surface area (TPSA) is 99.4 Å². The number of nitrogens with zero attached hydrogens (tertiary/aromatic N) is 2. The van der Waals surface area contributed by atoms with Crippen molar-refractivity contribution in [2.45, 2.75) is 20.0 Å². The lowest BCUT2D eigenvalue weighted by atomic mass is 10.3. The number of aromatic nitrogens is 2. The van der Waals surface area contributed by atoms with Gasteiger partial charge in [0.05, 0.1) is 18.8 Å². The number of H-pyrrole nitrogens is 1. The van der Waals surface area contributed by atoms with Gasteiger partial charge in [-0.2, -0.15) is 5.10 Å². The molecule has 3 N–H and O–H groups in total. The van der Waals surface area contributed by atoms with Crippen molar-refractivity contribution < 1.29 is 14.3 Å². The second-order valence-electron chi connectivity index (χ2n) is 5.04. The van der Waals surface area contributed by atoms with Gasteiger partial charge in [0.15, 0.2) is 0 Å². The summed E-state index contributed by atoms with van der Waals surface area (Å²) >= 11 is 0. The Bertz CT molecular complexity index is 713. The maximum atomic E-state index is 11.9. The van der Waals surface area contributed by atoms with Crippen LogP contribution in [0.25, 0.3) is 0 Å². The van der Waals surface area contributed by atoms with E-state index in [2.05, 4.69) is 20.8 Å². The number of rotatable bonds is 3. The molecular formula is C15H17N5O3. The molecule has 2 aromatic rings. The summed E-state index contributed by atoms with van der Waals surface area (Å²) in [6, 6.07) is 8.62. The summed E-state index contributed by atoms with van der Waals surface area (Å²) in [6.45, 7) is 3.22. The predicted molar refractivity (Wildman–Crippen MR) is 83.0 cm³/mol. The molecule has 0 unspecified atom stereocenters. The van der Waals surface area contributed by atoms with Crippen molar-refractivity contribution >= 4 is 17.9 Å². The Morgan fingerprint density at radius 1 is 1.30 bits per heavy atom. The third-order valence-electron chi connectivity index (χ3n) is 3.44. The van der Waals surface area contributed by atoms with Gasteiger partial charge in [0, 0.05) is 12.1 Å². The van der Waals surface area contributed by atoms with Crippen molar-refractivity contribution in [1.29, 1.82) is 0 Å². The molecule has 1 aromatic heterocycles. The molecule has 0 aliphatic carbocycles. The average molecular weight is 315 g/mol. The van der Waals surface area contributed by atoms with Crippen molar-refractivity contribution in [1.82, 2.24) is 20.4 Å². The largest absolute Gasteiger partial charge is 0.418 e. The van der Waals surface area contributed by atoms with Crippen LogP contribution in [0.15, 0.2) is 30.3 Å². The van der Waals surface area contributed by atoms with Gasteiger partial charge in [0.25, 0.3) is 0 Å². The van der Waals surface area contributed by atoms with Crippen LogP contribution in [0.1, 0.15) is 18.2 Å². The number of hydrogen-bond acceptors (Lipinski definition) is 4. The highest BCUT2D eigenvalue weighted by molar-refractivity contribution is 5.86. The number of hydrogen-bond donors (Lipinski definition) is 3. The van der Waals surface area contributed by atoms with E-state index in [1.807, 2.05) is 13.0 Å². The summed E-state index contributed by atoms with van der Waals surface area (Å²) < 4.78 is 5.17. The smallest absolute Gasteiger partial charge is 0.410 e. The van der Waals surface area contributed by atoms with E-state index in [0.29, 0.717) is 31.2 Å². The molecule has 0 radical (unpaired) electrons. The molecule has 0 bridgehead atoms. The monoisotopic (exact) mass is 315 g/mol. The van der Waals surface area contributed by atoms with E-state index in [1.165, 1.54) is 0 Å². The Labute approximate surface area is 132 Å². The summed E-state index contributed by atoms with van der Waals surface area (Å²) in [5.41, 5.74) is 1.53. The highest BCUT2D eigenvalue weighted by Crippen LogP contribution is 2.27. The third-order valence-corrected chi connectivity index (χ3v) is 3.44. The molecule has 3 rings (SSSR count). The highest BCUT2D eigenvalue weighted by atomic mass is 16.6. The SMILES string of the molecule is CCNC(=O)N1Cc2n[nH]c(NC(=O)Oc3ccccc3)c2C1. The van der Waals surface area contributed by atoms with Gasteiger partial charge in [0.2, 0.25) is 0 Å². The zero-order valence-electron chi connectivity index (χ0n) is 12.6. The van der Waals surface area contributed by atoms with Gasteiger partial charge in [-0.25, -0.2) is 9.59 Å². The molecule has 8 heteroatoms. The van der Waals surface area contributed by atoms with Gasteiger partial charge >= 0.3 is 12.1 Å². The van der Waals surface area contributed by atoms with Gasteiger partial charge in [0.1, 0.15) is 11.6 Å². The summed E-state index contributed by atoms with van der Waals surface area (Å²) in [4.78, 5) is 25.4. The Hall–Kier alpha value is -3.03. The van der Waals surface area contributed by atoms with Crippen LogP contribution >= 0.6 is 0 Å². The number of anilines is 1. The fourth-order valence-corrected chi connectivity index (χ4v) is 2.36. The first kappa shape index (κ1) is 14.9. The molecular weight excluding hydrogens is 298 g/mol. The molecule has 0 atom stereocenters. The molecule has 1 aromatic carbocycles. The number of para-hydroxylation sites is 1. The van der Waals surface area contributed by atoms with Crippen LogP contribution in [0.3, 0.4) is 0 Å². The Morgan fingerprint density at radius 3 is 2.83 bits per heavy atom. The van der Waals surface area contributed by atoms with Crippen LogP contribution in [0, 0.1) is 0 Å². The normalized spacial score (nSPS) is 12.7. The van der Waals surface area contributed by atoms with Gasteiger partial charge in [-0.05, 0) is 19.1 Å². The first-order chi connectivity index (χ1) is 11.2. The molecule has 0 saturated carbocycles. The van der Waals surface area contributed by atoms with Crippen LogP contribution in [0.5, 0.6) is 5.75 Å². The van der Waals surface area contributed by atoms with E-state index in [-0.39, 0.29) is 6.03 Å². The van der Waals surface area contributed by atoms with E-state index in [9.17, 15) is 9.59 Å². The van der Waals surface area contributed by atoms with E-state index < -0.39 is 6.09 Å². The number of fused-ring (bicyclic) bond motifs is 1. The van der Waals surface area contributed by atoms with Gasteiger partial charge in [-0.15, -0.1) is 0 Å². The lowest BCUT2D eigenvalue weighted by Gasteiger charge is -2.15. The maximum Gasteiger partial charge on any atom is 0.418 e. The number of ether oxygens (including phenoxy) is 1. The van der Waals surface area contributed by atoms with Crippen LogP contribution in [0.2, 0.25) is 0 Å². The fourth-order valence-electron chi connectivity index (χ4n) is 2.36. The lowest BCUT2D eigenvalue weighted by molar-refractivity contribution is 0.198. The van der Waals surface area contributed by atoms with Crippen LogP contribution < -0.4 is 15.4 Å². The number of urea groups is 1. The third kappa shape index (κ3) is 3.25. The second-order valence-corrected chi connectivity index (χ2v) is 5.04. The maximum absolute atomic E-state index is 11.9. The standard InChI is InChI=1S/C15H17N5O3/c1-2-16-14(21)20-8-11-12(9-20)18-19-13(11)17-15(22)23-10-6-4-3-5-7-10/h3-7H,2,8-9H2,1H3,(H,16,21)(H2,17,18,19,22). The summed E-state index contributed by atoms with van der Waals surface area (Å²) in [7, 11) is 0. The number of carbonyl (C=O) groups is 2. The van der Waals surface area contributed by atoms with Crippen molar-refractivity contribution in [3.8, 4) is 5.75 Å². The lowest BCUT2D eigenvalue weighted by Crippen LogP contribution is -2.36. The van der Waals surface area contributed by atoms with Crippen molar-refractivity contribution in [3.05, 3.63) is 41.6 Å². The first-order valence-corrected chi connectivity index (χ1v) is 7.30.